The first kappa shape index (κ1) is 17.4. The van der Waals surface area contributed by atoms with Gasteiger partial charge in [0, 0.05) is 26.2 Å². The Morgan fingerprint density at radius 3 is 2.70 bits per heavy atom. The first-order chi connectivity index (χ1) is 9.32. The van der Waals surface area contributed by atoms with E-state index in [4.69, 9.17) is 9.47 Å². The second kappa shape index (κ2) is 7.40. The summed E-state index contributed by atoms with van der Waals surface area (Å²) in [6, 6.07) is 2.80. The highest BCUT2D eigenvalue weighted by molar-refractivity contribution is 5.10. The molecule has 1 N–H and O–H groups in total. The topological polar surface area (TPSA) is 54.3 Å². The molecule has 1 aliphatic rings. The Bertz CT molecular complexity index is 336. The number of ether oxygens (including phenoxy) is 2. The van der Waals surface area contributed by atoms with Gasteiger partial charge < -0.3 is 9.47 Å². The molecule has 0 bridgehead atoms. The van der Waals surface area contributed by atoms with Crippen LogP contribution in [0.4, 0.5) is 0 Å². The molecule has 1 rings (SSSR count). The van der Waals surface area contributed by atoms with Crippen LogP contribution in [0.15, 0.2) is 0 Å². The van der Waals surface area contributed by atoms with Gasteiger partial charge in [0.25, 0.3) is 0 Å². The molecule has 4 heteroatoms. The highest BCUT2D eigenvalue weighted by atomic mass is 16.5. The number of nitriles is 1. The Kier molecular flexibility index (Phi) is 6.44. The fourth-order valence-electron chi connectivity index (χ4n) is 2.76. The van der Waals surface area contributed by atoms with Crippen LogP contribution in [0, 0.1) is 11.3 Å². The number of rotatable bonds is 7. The summed E-state index contributed by atoms with van der Waals surface area (Å²) >= 11 is 0. The number of methoxy groups -OCH3 is 1. The molecule has 0 saturated heterocycles. The van der Waals surface area contributed by atoms with E-state index in [2.05, 4.69) is 39.1 Å². The molecular formula is C16H30N2O2. The van der Waals surface area contributed by atoms with Crippen molar-refractivity contribution >= 4 is 0 Å². The van der Waals surface area contributed by atoms with Crippen molar-refractivity contribution in [1.82, 2.24) is 5.32 Å². The molecule has 20 heavy (non-hydrogen) atoms. The molecule has 2 unspecified atom stereocenters. The lowest BCUT2D eigenvalue weighted by atomic mass is 9.80. The molecule has 116 valence electrons. The third-order valence-electron chi connectivity index (χ3n) is 4.10. The van der Waals surface area contributed by atoms with Crippen molar-refractivity contribution in [1.29, 1.82) is 5.26 Å². The van der Waals surface area contributed by atoms with E-state index in [-0.39, 0.29) is 11.7 Å². The maximum atomic E-state index is 9.51. The van der Waals surface area contributed by atoms with Crippen LogP contribution < -0.4 is 5.32 Å². The van der Waals surface area contributed by atoms with Gasteiger partial charge in [0.15, 0.2) is 0 Å². The van der Waals surface area contributed by atoms with E-state index >= 15 is 0 Å². The fourth-order valence-corrected chi connectivity index (χ4v) is 2.76. The zero-order chi connectivity index (χ0) is 15.2. The smallest absolute Gasteiger partial charge is 0.109 e. The lowest BCUT2D eigenvalue weighted by Gasteiger charge is -2.38. The Morgan fingerprint density at radius 1 is 1.45 bits per heavy atom. The third-order valence-corrected chi connectivity index (χ3v) is 4.10. The first-order valence-corrected chi connectivity index (χ1v) is 7.68. The molecule has 4 nitrogen and oxygen atoms in total. The van der Waals surface area contributed by atoms with Crippen molar-refractivity contribution in [3.05, 3.63) is 0 Å². The minimum Gasteiger partial charge on any atom is -0.379 e. The molecule has 0 radical (unpaired) electrons. The average molecular weight is 282 g/mol. The van der Waals surface area contributed by atoms with Gasteiger partial charge in [-0.05, 0) is 53.4 Å². The van der Waals surface area contributed by atoms with E-state index in [1.165, 1.54) is 0 Å². The lowest BCUT2D eigenvalue weighted by molar-refractivity contribution is -0.0409. The van der Waals surface area contributed by atoms with Crippen molar-refractivity contribution in [2.24, 2.45) is 0 Å². The van der Waals surface area contributed by atoms with Crippen LogP contribution in [-0.2, 0) is 9.47 Å². The van der Waals surface area contributed by atoms with Crippen molar-refractivity contribution in [3.63, 3.8) is 0 Å². The molecule has 0 amide bonds. The maximum absolute atomic E-state index is 9.51. The first-order valence-electron chi connectivity index (χ1n) is 7.68. The van der Waals surface area contributed by atoms with E-state index in [1.54, 1.807) is 7.11 Å². The van der Waals surface area contributed by atoms with Crippen LogP contribution in [0.5, 0.6) is 0 Å². The summed E-state index contributed by atoms with van der Waals surface area (Å²) in [5.74, 6) is 0. The second-order valence-corrected chi connectivity index (χ2v) is 6.80. The van der Waals surface area contributed by atoms with E-state index < -0.39 is 5.54 Å². The molecule has 2 atom stereocenters. The molecule has 1 fully saturated rings. The summed E-state index contributed by atoms with van der Waals surface area (Å²) in [5.41, 5.74) is -0.551. The van der Waals surface area contributed by atoms with Crippen LogP contribution in [0.2, 0.25) is 0 Å². The predicted octanol–water partition coefficient (Wildman–Crippen LogP) is 3.02. The summed E-state index contributed by atoms with van der Waals surface area (Å²) in [7, 11) is 1.73. The van der Waals surface area contributed by atoms with Crippen LogP contribution >= 0.6 is 0 Å². The summed E-state index contributed by atoms with van der Waals surface area (Å²) in [6.45, 7) is 9.00. The largest absolute Gasteiger partial charge is 0.379 e. The highest BCUT2D eigenvalue weighted by Crippen LogP contribution is 2.30. The van der Waals surface area contributed by atoms with Gasteiger partial charge in [0.05, 0.1) is 17.8 Å². The van der Waals surface area contributed by atoms with Gasteiger partial charge in [-0.1, -0.05) is 0 Å². The van der Waals surface area contributed by atoms with Crippen molar-refractivity contribution < 1.29 is 9.47 Å². The van der Waals surface area contributed by atoms with Crippen LogP contribution in [0.3, 0.4) is 0 Å². The molecule has 1 saturated carbocycles. The highest BCUT2D eigenvalue weighted by Gasteiger charge is 2.37. The molecule has 0 aromatic rings. The van der Waals surface area contributed by atoms with Gasteiger partial charge >= 0.3 is 0 Å². The Hall–Kier alpha value is -0.630. The van der Waals surface area contributed by atoms with Gasteiger partial charge in [-0.3, -0.25) is 5.32 Å². The van der Waals surface area contributed by atoms with Gasteiger partial charge in [0.1, 0.15) is 5.54 Å². The Labute approximate surface area is 123 Å². The lowest BCUT2D eigenvalue weighted by Crippen LogP contribution is -2.52. The molecule has 1 aliphatic carbocycles. The summed E-state index contributed by atoms with van der Waals surface area (Å²) in [6.07, 6.45) is 4.86. The molecule has 0 heterocycles. The van der Waals surface area contributed by atoms with Crippen LogP contribution in [-0.4, -0.2) is 37.0 Å². The van der Waals surface area contributed by atoms with Gasteiger partial charge in [0.2, 0.25) is 0 Å². The standard InChI is InChI=1S/C16H30N2O2/c1-13(2)18-16(12-17)8-6-7-14(11-16)20-10-9-15(3,4)19-5/h13-14,18H,6-11H2,1-5H3. The van der Waals surface area contributed by atoms with E-state index in [9.17, 15) is 5.26 Å². The Balaban J connectivity index is 2.46. The minimum atomic E-state index is -0.409. The summed E-state index contributed by atoms with van der Waals surface area (Å²) < 4.78 is 11.4. The predicted molar refractivity (Wildman–Crippen MR) is 80.5 cm³/mol. The van der Waals surface area contributed by atoms with Crippen molar-refractivity contribution in [2.75, 3.05) is 13.7 Å². The SMILES string of the molecule is COC(C)(C)CCOC1CCCC(C#N)(NC(C)C)C1. The molecule has 0 aromatic heterocycles. The average Bonchev–Trinajstić information content (AvgIpc) is 2.38. The van der Waals surface area contributed by atoms with Crippen LogP contribution in [0.1, 0.15) is 59.8 Å². The van der Waals surface area contributed by atoms with Gasteiger partial charge in [-0.25, -0.2) is 0 Å². The fraction of sp³-hybridized carbons (Fsp3) is 0.938. The van der Waals surface area contributed by atoms with Gasteiger partial charge in [-0.15, -0.1) is 0 Å². The second-order valence-electron chi connectivity index (χ2n) is 6.80. The van der Waals surface area contributed by atoms with E-state index in [1.807, 2.05) is 0 Å². The quantitative estimate of drug-likeness (QED) is 0.780. The molecule has 0 spiro atoms. The number of hydrogen-bond donors (Lipinski definition) is 1. The van der Waals surface area contributed by atoms with Crippen molar-refractivity contribution in [3.8, 4) is 6.07 Å². The molecule has 0 aromatic carbocycles. The number of hydrogen-bond acceptors (Lipinski definition) is 4. The zero-order valence-corrected chi connectivity index (χ0v) is 13.7. The summed E-state index contributed by atoms with van der Waals surface area (Å²) in [4.78, 5) is 0. The van der Waals surface area contributed by atoms with E-state index in [0.29, 0.717) is 12.6 Å². The molecule has 0 aliphatic heterocycles. The van der Waals surface area contributed by atoms with Crippen LogP contribution in [0.25, 0.3) is 0 Å². The minimum absolute atomic E-state index is 0.142. The number of nitrogens with zero attached hydrogens (tertiary/aromatic N) is 1. The van der Waals surface area contributed by atoms with E-state index in [0.717, 1.165) is 32.1 Å². The monoisotopic (exact) mass is 282 g/mol. The third kappa shape index (κ3) is 5.40. The maximum Gasteiger partial charge on any atom is 0.109 e. The number of nitrogens with one attached hydrogen (secondary N) is 1. The summed E-state index contributed by atoms with van der Waals surface area (Å²) in [5, 5.41) is 12.9. The Morgan fingerprint density at radius 2 is 2.15 bits per heavy atom. The molecular weight excluding hydrogens is 252 g/mol. The normalized spacial score (nSPS) is 27.6. The van der Waals surface area contributed by atoms with Gasteiger partial charge in [-0.2, -0.15) is 5.26 Å². The van der Waals surface area contributed by atoms with Crippen molar-refractivity contribution in [2.45, 2.75) is 83.1 Å². The zero-order valence-electron chi connectivity index (χ0n) is 13.7.